The minimum atomic E-state index is -0.844. The highest BCUT2D eigenvalue weighted by Gasteiger charge is 2.50. The molecule has 2 fully saturated rings. The van der Waals surface area contributed by atoms with Crippen molar-refractivity contribution in [3.05, 3.63) is 36.1 Å². The molecule has 4 heterocycles. The van der Waals surface area contributed by atoms with Crippen molar-refractivity contribution < 1.29 is 19.2 Å². The molecule has 1 aromatic heterocycles. The van der Waals surface area contributed by atoms with Gasteiger partial charge in [-0.3, -0.25) is 28.8 Å². The molecule has 3 aliphatic heterocycles. The van der Waals surface area contributed by atoms with Crippen molar-refractivity contribution in [2.75, 3.05) is 20.1 Å². The van der Waals surface area contributed by atoms with Crippen LogP contribution in [0.4, 0.5) is 0 Å². The number of carbonyl (C=O) groups excluding carboxylic acids is 3. The zero-order valence-corrected chi connectivity index (χ0v) is 22.8. The van der Waals surface area contributed by atoms with E-state index in [1.54, 1.807) is 41.2 Å². The summed E-state index contributed by atoms with van der Waals surface area (Å²) in [6, 6.07) is 1.14. The van der Waals surface area contributed by atoms with Gasteiger partial charge < -0.3 is 9.80 Å². The molecule has 0 N–H and O–H groups in total. The Balaban J connectivity index is 1.74. The zero-order chi connectivity index (χ0) is 26.9. The van der Waals surface area contributed by atoms with Gasteiger partial charge in [-0.2, -0.15) is 10.2 Å². The monoisotopic (exact) mass is 512 g/mol. The maximum Gasteiger partial charge on any atom is 0.276 e. The number of aryl methyl sites for hydroxylation is 1. The smallest absolute Gasteiger partial charge is 0.276 e. The van der Waals surface area contributed by atoms with Gasteiger partial charge >= 0.3 is 0 Å². The molecule has 0 aromatic carbocycles. The fraction of sp³-hybridized carbons (Fsp3) is 0.630. The number of rotatable bonds is 7. The van der Waals surface area contributed by atoms with Gasteiger partial charge in [0.25, 0.3) is 11.8 Å². The van der Waals surface area contributed by atoms with Crippen LogP contribution < -0.4 is 0 Å². The van der Waals surface area contributed by atoms with Gasteiger partial charge in [-0.15, -0.1) is 0 Å². The molecule has 1 aromatic rings. The van der Waals surface area contributed by atoms with Crippen molar-refractivity contribution in [2.24, 2.45) is 18.9 Å². The molecule has 2 atom stereocenters. The Hall–Kier alpha value is -2.98. The van der Waals surface area contributed by atoms with Crippen LogP contribution in [0.2, 0.25) is 0 Å². The van der Waals surface area contributed by atoms with E-state index < -0.39 is 18.1 Å². The Bertz CT molecular complexity index is 1070. The van der Waals surface area contributed by atoms with Gasteiger partial charge in [0.2, 0.25) is 5.91 Å². The molecule has 4 rings (SSSR count). The number of likely N-dealkylation sites (tertiary alicyclic amines) is 1. The first kappa shape index (κ1) is 27.1. The van der Waals surface area contributed by atoms with Crippen LogP contribution in [0.15, 0.2) is 30.4 Å². The van der Waals surface area contributed by atoms with E-state index in [0.717, 1.165) is 31.6 Å². The van der Waals surface area contributed by atoms with Crippen LogP contribution in [0, 0.1) is 11.8 Å². The molecule has 0 unspecified atom stereocenters. The molecule has 10 heteroatoms. The molecular formula is C27H40N6O4. The summed E-state index contributed by atoms with van der Waals surface area (Å²) in [5, 5.41) is 5.35. The first-order valence-electron chi connectivity index (χ1n) is 13.3. The Morgan fingerprint density at radius 2 is 1.76 bits per heavy atom. The van der Waals surface area contributed by atoms with Gasteiger partial charge in [-0.1, -0.05) is 27.7 Å². The lowest BCUT2D eigenvalue weighted by atomic mass is 9.95. The maximum atomic E-state index is 13.9. The highest BCUT2D eigenvalue weighted by molar-refractivity contribution is 5.97. The van der Waals surface area contributed by atoms with Crippen molar-refractivity contribution in [1.29, 1.82) is 0 Å². The van der Waals surface area contributed by atoms with Gasteiger partial charge in [0.15, 0.2) is 11.9 Å². The molecule has 0 spiro atoms. The van der Waals surface area contributed by atoms with Crippen molar-refractivity contribution in [3.63, 3.8) is 0 Å². The SMILES string of the molecule is CC(C)C[C@H]1ON(C(=O)/C=C/c2ccnn2C)C2=CN(C3CCN(C)CC3)C(=O)[C@H](CC(C)C)N2C1=O. The zero-order valence-electron chi connectivity index (χ0n) is 22.8. The molecule has 3 aliphatic rings. The largest absolute Gasteiger partial charge is 0.310 e. The van der Waals surface area contributed by atoms with Gasteiger partial charge in [-0.25, -0.2) is 0 Å². The van der Waals surface area contributed by atoms with Crippen LogP contribution in [0.5, 0.6) is 0 Å². The third kappa shape index (κ3) is 5.80. The van der Waals surface area contributed by atoms with E-state index in [1.807, 2.05) is 27.7 Å². The Kier molecular flexibility index (Phi) is 8.18. The minimum absolute atomic E-state index is 0.0124. The van der Waals surface area contributed by atoms with Gasteiger partial charge in [0, 0.05) is 25.4 Å². The van der Waals surface area contributed by atoms with E-state index in [-0.39, 0.29) is 29.7 Å². The second-order valence-corrected chi connectivity index (χ2v) is 11.2. The molecule has 0 saturated carbocycles. The number of hydroxylamine groups is 2. The van der Waals surface area contributed by atoms with Crippen molar-refractivity contribution >= 4 is 23.8 Å². The average molecular weight is 513 g/mol. The van der Waals surface area contributed by atoms with E-state index in [0.29, 0.717) is 18.7 Å². The van der Waals surface area contributed by atoms with Crippen LogP contribution in [-0.2, 0) is 26.3 Å². The van der Waals surface area contributed by atoms with E-state index in [9.17, 15) is 14.4 Å². The van der Waals surface area contributed by atoms with E-state index >= 15 is 0 Å². The topological polar surface area (TPSA) is 91.2 Å². The lowest BCUT2D eigenvalue weighted by molar-refractivity contribution is -0.226. The Labute approximate surface area is 219 Å². The summed E-state index contributed by atoms with van der Waals surface area (Å²) in [7, 11) is 3.87. The Morgan fingerprint density at radius 3 is 2.35 bits per heavy atom. The van der Waals surface area contributed by atoms with Crippen LogP contribution in [0.1, 0.15) is 59.1 Å². The van der Waals surface area contributed by atoms with Crippen LogP contribution in [0.3, 0.4) is 0 Å². The number of carbonyl (C=O) groups is 3. The highest BCUT2D eigenvalue weighted by atomic mass is 16.7. The maximum absolute atomic E-state index is 13.9. The van der Waals surface area contributed by atoms with E-state index in [1.165, 1.54) is 16.0 Å². The van der Waals surface area contributed by atoms with E-state index in [2.05, 4.69) is 17.0 Å². The van der Waals surface area contributed by atoms with Gasteiger partial charge in [-0.05, 0) is 69.8 Å². The number of nitrogens with zero attached hydrogens (tertiary/aromatic N) is 6. The van der Waals surface area contributed by atoms with Gasteiger partial charge in [0.1, 0.15) is 6.04 Å². The molecule has 202 valence electrons. The lowest BCUT2D eigenvalue weighted by Crippen LogP contribution is -2.64. The number of fused-ring (bicyclic) bond motifs is 1. The summed E-state index contributed by atoms with van der Waals surface area (Å²) in [4.78, 5) is 52.8. The number of aromatic nitrogens is 2. The first-order chi connectivity index (χ1) is 17.6. The van der Waals surface area contributed by atoms with Crippen LogP contribution >= 0.6 is 0 Å². The fourth-order valence-electron chi connectivity index (χ4n) is 5.21. The number of amides is 3. The highest BCUT2D eigenvalue weighted by Crippen LogP contribution is 2.35. The average Bonchev–Trinajstić information content (AvgIpc) is 3.25. The molecule has 2 saturated heterocycles. The van der Waals surface area contributed by atoms with Crippen LogP contribution in [0.25, 0.3) is 6.08 Å². The predicted octanol–water partition coefficient (Wildman–Crippen LogP) is 2.60. The van der Waals surface area contributed by atoms with Crippen molar-refractivity contribution in [2.45, 2.75) is 71.6 Å². The standard InChI is InChI=1S/C27H40N6O4/c1-18(2)15-22-26(35)31(21-10-13-29(5)14-11-21)17-24-32(22)27(36)23(16-19(3)4)37-33(24)25(34)8-7-20-9-12-28-30(20)6/h7-9,12,17-19,21-23H,10-11,13-16H2,1-6H3/b8-7+/t22-,23+/m0/s1. The molecule has 3 amide bonds. The molecule has 0 radical (unpaired) electrons. The van der Waals surface area contributed by atoms with Crippen molar-refractivity contribution in [1.82, 2.24) is 29.5 Å². The predicted molar refractivity (Wildman–Crippen MR) is 139 cm³/mol. The molecule has 10 nitrogen and oxygen atoms in total. The van der Waals surface area contributed by atoms with Crippen molar-refractivity contribution in [3.8, 4) is 0 Å². The summed E-state index contributed by atoms with van der Waals surface area (Å²) in [5.41, 5.74) is 0.760. The summed E-state index contributed by atoms with van der Waals surface area (Å²) in [6.07, 6.45) is 8.19. The quantitative estimate of drug-likeness (QED) is 0.522. The summed E-state index contributed by atoms with van der Waals surface area (Å²) >= 11 is 0. The third-order valence-electron chi connectivity index (χ3n) is 7.22. The number of hydrogen-bond donors (Lipinski definition) is 0. The minimum Gasteiger partial charge on any atom is -0.310 e. The number of piperidine rings is 1. The Morgan fingerprint density at radius 1 is 1.08 bits per heavy atom. The molecule has 0 bridgehead atoms. The summed E-state index contributed by atoms with van der Waals surface area (Å²) in [5.74, 6) is -0.0968. The number of hydrogen-bond acceptors (Lipinski definition) is 6. The van der Waals surface area contributed by atoms with E-state index in [4.69, 9.17) is 4.84 Å². The molecular weight excluding hydrogens is 472 g/mol. The summed E-state index contributed by atoms with van der Waals surface area (Å²) in [6.45, 7) is 9.87. The van der Waals surface area contributed by atoms with Gasteiger partial charge in [0.05, 0.1) is 11.9 Å². The van der Waals surface area contributed by atoms with Crippen LogP contribution in [-0.4, -0.2) is 85.6 Å². The molecule has 37 heavy (non-hydrogen) atoms. The molecule has 0 aliphatic carbocycles. The fourth-order valence-corrected chi connectivity index (χ4v) is 5.21. The second kappa shape index (κ2) is 11.2. The third-order valence-corrected chi connectivity index (χ3v) is 7.22. The lowest BCUT2D eigenvalue weighted by Gasteiger charge is -2.49. The second-order valence-electron chi connectivity index (χ2n) is 11.2. The summed E-state index contributed by atoms with van der Waals surface area (Å²) < 4.78 is 1.66. The first-order valence-corrected chi connectivity index (χ1v) is 13.3. The normalized spacial score (nSPS) is 24.0.